The van der Waals surface area contributed by atoms with Crippen molar-refractivity contribution in [2.75, 3.05) is 19.8 Å². The molecule has 62 valence electrons. The van der Waals surface area contributed by atoms with Gasteiger partial charge in [-0.05, 0) is 11.8 Å². The van der Waals surface area contributed by atoms with Crippen molar-refractivity contribution in [3.8, 4) is 0 Å². The number of carboxylic acid groups (broad SMARTS) is 1. The van der Waals surface area contributed by atoms with Crippen molar-refractivity contribution in [1.29, 1.82) is 0 Å². The summed E-state index contributed by atoms with van der Waals surface area (Å²) >= 11 is 0. The van der Waals surface area contributed by atoms with E-state index in [0.717, 1.165) is 13.1 Å². The van der Waals surface area contributed by atoms with Crippen LogP contribution in [0.2, 0.25) is 0 Å². The first-order valence-electron chi connectivity index (χ1n) is 3.89. The lowest BCUT2D eigenvalue weighted by Gasteiger charge is -2.14. The highest BCUT2D eigenvalue weighted by Gasteiger charge is 2.59. The van der Waals surface area contributed by atoms with E-state index >= 15 is 0 Å². The molecule has 1 aliphatic heterocycles. The molecule has 0 aromatic rings. The van der Waals surface area contributed by atoms with Gasteiger partial charge in [-0.1, -0.05) is 0 Å². The number of likely N-dealkylation sites (tertiary alicyclic amines) is 1. The van der Waals surface area contributed by atoms with E-state index in [1.165, 1.54) is 0 Å². The second kappa shape index (κ2) is 2.19. The van der Waals surface area contributed by atoms with Gasteiger partial charge in [-0.3, -0.25) is 9.69 Å². The second-order valence-corrected chi connectivity index (χ2v) is 3.41. The number of fused-ring (bicyclic) bond motifs is 1. The van der Waals surface area contributed by atoms with Gasteiger partial charge in [0.25, 0.3) is 0 Å². The fourth-order valence-electron chi connectivity index (χ4n) is 2.13. The number of nitrogens with two attached hydrogens (primary N) is 1. The molecule has 4 heteroatoms. The molecule has 2 fully saturated rings. The van der Waals surface area contributed by atoms with Crippen LogP contribution in [0.5, 0.6) is 0 Å². The number of carbonyl (C=O) groups is 1. The molecule has 2 aliphatic rings. The third-order valence-corrected chi connectivity index (χ3v) is 2.81. The number of piperidine rings is 1. The standard InChI is InChI=1S/C7H12N2O2/c8-3-9-1-4-5(2-9)6(4)7(10)11/h4-6H,1-3,8H2,(H,10,11). The maximum Gasteiger partial charge on any atom is 0.307 e. The second-order valence-electron chi connectivity index (χ2n) is 3.41. The van der Waals surface area contributed by atoms with E-state index in [4.69, 9.17) is 10.8 Å². The molecule has 0 aromatic carbocycles. The molecule has 0 aromatic heterocycles. The average Bonchev–Trinajstić information content (AvgIpc) is 2.48. The highest BCUT2D eigenvalue weighted by molar-refractivity contribution is 5.74. The van der Waals surface area contributed by atoms with Gasteiger partial charge >= 0.3 is 5.97 Å². The summed E-state index contributed by atoms with van der Waals surface area (Å²) in [6.07, 6.45) is 0. The van der Waals surface area contributed by atoms with E-state index in [1.807, 2.05) is 0 Å². The van der Waals surface area contributed by atoms with Crippen LogP contribution in [0.4, 0.5) is 0 Å². The van der Waals surface area contributed by atoms with Crippen LogP contribution in [0.25, 0.3) is 0 Å². The third kappa shape index (κ3) is 0.937. The van der Waals surface area contributed by atoms with E-state index < -0.39 is 5.97 Å². The van der Waals surface area contributed by atoms with Gasteiger partial charge in [0, 0.05) is 19.8 Å². The lowest BCUT2D eigenvalue weighted by molar-refractivity contribution is -0.139. The Kier molecular flexibility index (Phi) is 1.40. The maximum absolute atomic E-state index is 10.5. The molecule has 0 bridgehead atoms. The molecule has 1 aliphatic carbocycles. The van der Waals surface area contributed by atoms with Gasteiger partial charge in [-0.25, -0.2) is 0 Å². The molecule has 0 amide bonds. The Morgan fingerprint density at radius 1 is 1.55 bits per heavy atom. The van der Waals surface area contributed by atoms with Gasteiger partial charge in [-0.15, -0.1) is 0 Å². The van der Waals surface area contributed by atoms with Crippen LogP contribution in [0.1, 0.15) is 0 Å². The monoisotopic (exact) mass is 156 g/mol. The van der Waals surface area contributed by atoms with E-state index in [0.29, 0.717) is 18.5 Å². The number of hydrogen-bond donors (Lipinski definition) is 2. The Labute approximate surface area is 65.0 Å². The number of nitrogens with zero attached hydrogens (tertiary/aromatic N) is 1. The molecule has 1 heterocycles. The molecule has 4 nitrogen and oxygen atoms in total. The zero-order valence-corrected chi connectivity index (χ0v) is 6.23. The largest absolute Gasteiger partial charge is 0.481 e. The fraction of sp³-hybridized carbons (Fsp3) is 0.857. The molecule has 1 saturated carbocycles. The van der Waals surface area contributed by atoms with Gasteiger partial charge < -0.3 is 10.8 Å². The van der Waals surface area contributed by atoms with Crippen LogP contribution in [0, 0.1) is 17.8 Å². The minimum Gasteiger partial charge on any atom is -0.481 e. The lowest BCUT2D eigenvalue weighted by atomic mass is 10.3. The van der Waals surface area contributed by atoms with Crippen LogP contribution in [0.15, 0.2) is 0 Å². The Balaban J connectivity index is 1.90. The van der Waals surface area contributed by atoms with E-state index in [-0.39, 0.29) is 5.92 Å². The number of hydrogen-bond acceptors (Lipinski definition) is 3. The van der Waals surface area contributed by atoms with E-state index in [9.17, 15) is 4.79 Å². The van der Waals surface area contributed by atoms with Crippen molar-refractivity contribution < 1.29 is 9.90 Å². The summed E-state index contributed by atoms with van der Waals surface area (Å²) in [4.78, 5) is 12.6. The zero-order valence-electron chi connectivity index (χ0n) is 6.23. The molecular weight excluding hydrogens is 144 g/mol. The molecule has 2 rings (SSSR count). The first-order chi connectivity index (χ1) is 5.24. The molecule has 11 heavy (non-hydrogen) atoms. The van der Waals surface area contributed by atoms with E-state index in [1.54, 1.807) is 0 Å². The summed E-state index contributed by atoms with van der Waals surface area (Å²) in [5.41, 5.74) is 5.42. The zero-order chi connectivity index (χ0) is 8.01. The minimum absolute atomic E-state index is 0.0576. The summed E-state index contributed by atoms with van der Waals surface area (Å²) in [6, 6.07) is 0. The number of carboxylic acids is 1. The van der Waals surface area contributed by atoms with Gasteiger partial charge in [0.15, 0.2) is 0 Å². The quantitative estimate of drug-likeness (QED) is 0.547. The van der Waals surface area contributed by atoms with Gasteiger partial charge in [0.05, 0.1) is 5.92 Å². The summed E-state index contributed by atoms with van der Waals surface area (Å²) in [7, 11) is 0. The van der Waals surface area contributed by atoms with Crippen LogP contribution in [0.3, 0.4) is 0 Å². The Morgan fingerprint density at radius 3 is 2.45 bits per heavy atom. The summed E-state index contributed by atoms with van der Waals surface area (Å²) in [5, 5.41) is 8.67. The molecule has 0 radical (unpaired) electrons. The SMILES string of the molecule is NCN1CC2C(C1)C2C(=O)O. The third-order valence-electron chi connectivity index (χ3n) is 2.81. The van der Waals surface area contributed by atoms with Crippen molar-refractivity contribution in [1.82, 2.24) is 4.90 Å². The predicted molar refractivity (Wildman–Crippen MR) is 38.7 cm³/mol. The molecule has 0 spiro atoms. The number of rotatable bonds is 2. The topological polar surface area (TPSA) is 66.6 Å². The molecule has 2 atom stereocenters. The summed E-state index contributed by atoms with van der Waals surface area (Å²) in [5.74, 6) is 0.113. The van der Waals surface area contributed by atoms with Gasteiger partial charge in [0.2, 0.25) is 0 Å². The number of aliphatic carboxylic acids is 1. The average molecular weight is 156 g/mol. The van der Waals surface area contributed by atoms with E-state index in [2.05, 4.69) is 4.90 Å². The van der Waals surface area contributed by atoms with Crippen LogP contribution >= 0.6 is 0 Å². The Bertz CT molecular complexity index is 183. The lowest BCUT2D eigenvalue weighted by Crippen LogP contribution is -2.31. The predicted octanol–water partition coefficient (Wildman–Crippen LogP) is -0.835. The first kappa shape index (κ1) is 7.06. The molecule has 2 unspecified atom stereocenters. The van der Waals surface area contributed by atoms with Gasteiger partial charge in [-0.2, -0.15) is 0 Å². The highest BCUT2D eigenvalue weighted by atomic mass is 16.4. The van der Waals surface area contributed by atoms with Crippen LogP contribution in [-0.2, 0) is 4.79 Å². The molecular formula is C7H12N2O2. The van der Waals surface area contributed by atoms with Crippen LogP contribution in [-0.4, -0.2) is 35.7 Å². The highest BCUT2D eigenvalue weighted by Crippen LogP contribution is 2.51. The van der Waals surface area contributed by atoms with Crippen molar-refractivity contribution in [3.63, 3.8) is 0 Å². The minimum atomic E-state index is -0.628. The fourth-order valence-corrected chi connectivity index (χ4v) is 2.13. The maximum atomic E-state index is 10.5. The normalized spacial score (nSPS) is 42.1. The molecule has 1 saturated heterocycles. The van der Waals surface area contributed by atoms with Crippen molar-refractivity contribution in [2.45, 2.75) is 0 Å². The molecule has 3 N–H and O–H groups in total. The van der Waals surface area contributed by atoms with Crippen molar-refractivity contribution in [2.24, 2.45) is 23.5 Å². The van der Waals surface area contributed by atoms with Crippen molar-refractivity contribution in [3.05, 3.63) is 0 Å². The Morgan fingerprint density at radius 2 is 2.09 bits per heavy atom. The smallest absolute Gasteiger partial charge is 0.307 e. The first-order valence-corrected chi connectivity index (χ1v) is 3.89. The Hall–Kier alpha value is -0.610. The summed E-state index contributed by atoms with van der Waals surface area (Å²) in [6.45, 7) is 2.34. The van der Waals surface area contributed by atoms with Crippen LogP contribution < -0.4 is 5.73 Å². The van der Waals surface area contributed by atoms with Crippen molar-refractivity contribution >= 4 is 5.97 Å². The van der Waals surface area contributed by atoms with Gasteiger partial charge in [0.1, 0.15) is 0 Å². The summed E-state index contributed by atoms with van der Waals surface area (Å²) < 4.78 is 0.